The molecule has 3 rings (SSSR count). The number of fused-ring (bicyclic) bond motifs is 1. The molecule has 6 heteroatoms. The fraction of sp³-hybridized carbons (Fsp3) is 0.294. The summed E-state index contributed by atoms with van der Waals surface area (Å²) in [4.78, 5) is 14.6. The van der Waals surface area contributed by atoms with Crippen LogP contribution in [0.2, 0.25) is 5.02 Å². The summed E-state index contributed by atoms with van der Waals surface area (Å²) < 4.78 is 0. The molecule has 3 aromatic rings. The van der Waals surface area contributed by atoms with Crippen molar-refractivity contribution >= 4 is 28.5 Å². The summed E-state index contributed by atoms with van der Waals surface area (Å²) in [6, 6.07) is 8.01. The molecule has 0 aromatic carbocycles. The minimum atomic E-state index is 0.624. The van der Waals surface area contributed by atoms with Gasteiger partial charge in [-0.15, -0.1) is 0 Å². The summed E-state index contributed by atoms with van der Waals surface area (Å²) in [7, 11) is 1.96. The molecule has 0 atom stereocenters. The molecule has 0 aliphatic carbocycles. The fourth-order valence-electron chi connectivity index (χ4n) is 2.62. The molecule has 0 spiro atoms. The van der Waals surface area contributed by atoms with Gasteiger partial charge in [0.15, 0.2) is 0 Å². The van der Waals surface area contributed by atoms with Gasteiger partial charge in [0.05, 0.1) is 10.7 Å². The van der Waals surface area contributed by atoms with Crippen molar-refractivity contribution < 1.29 is 0 Å². The van der Waals surface area contributed by atoms with Gasteiger partial charge in [-0.2, -0.15) is 0 Å². The van der Waals surface area contributed by atoms with Gasteiger partial charge in [0.25, 0.3) is 0 Å². The van der Waals surface area contributed by atoms with E-state index in [1.165, 1.54) is 0 Å². The molecule has 0 saturated heterocycles. The molecular weight excluding hydrogens is 310 g/mol. The lowest BCUT2D eigenvalue weighted by atomic mass is 10.1. The summed E-state index contributed by atoms with van der Waals surface area (Å²) in [5.74, 6) is 0.976. The largest absolute Gasteiger partial charge is 0.356 e. The van der Waals surface area contributed by atoms with Gasteiger partial charge in [-0.3, -0.25) is 0 Å². The highest BCUT2D eigenvalue weighted by Gasteiger charge is 2.11. The first-order valence-corrected chi connectivity index (χ1v) is 8.10. The lowest BCUT2D eigenvalue weighted by Crippen LogP contribution is -2.31. The minimum Gasteiger partial charge on any atom is -0.356 e. The third-order valence-corrected chi connectivity index (χ3v) is 4.05. The molecule has 0 amide bonds. The Labute approximate surface area is 140 Å². The molecule has 23 heavy (non-hydrogen) atoms. The quantitative estimate of drug-likeness (QED) is 0.728. The SMILES string of the molecule is CCN(CCNC)c1cccc(-c2c[nH]c3ncc(Cl)cc23)n1. The Bertz CT molecular complexity index is 799. The predicted octanol–water partition coefficient (Wildman–Crippen LogP) is 3.32. The van der Waals surface area contributed by atoms with Crippen LogP contribution in [-0.4, -0.2) is 41.6 Å². The second-order valence-corrected chi connectivity index (χ2v) is 5.75. The standard InChI is InChI=1S/C17H20ClN5/c1-3-23(8-7-19-2)16-6-4-5-15(22-16)14-11-21-17-13(14)9-12(18)10-20-17/h4-6,9-11,19H,3,7-8H2,1-2H3,(H,20,21). The van der Waals surface area contributed by atoms with Crippen molar-refractivity contribution in [3.63, 3.8) is 0 Å². The van der Waals surface area contributed by atoms with E-state index in [2.05, 4.69) is 27.1 Å². The van der Waals surface area contributed by atoms with Crippen LogP contribution in [0.1, 0.15) is 6.92 Å². The molecule has 5 nitrogen and oxygen atoms in total. The lowest BCUT2D eigenvalue weighted by Gasteiger charge is -2.22. The zero-order valence-electron chi connectivity index (χ0n) is 13.3. The van der Waals surface area contributed by atoms with E-state index in [1.54, 1.807) is 6.20 Å². The van der Waals surface area contributed by atoms with E-state index in [-0.39, 0.29) is 0 Å². The number of aromatic nitrogens is 3. The van der Waals surface area contributed by atoms with Crippen molar-refractivity contribution in [1.29, 1.82) is 0 Å². The van der Waals surface area contributed by atoms with E-state index < -0.39 is 0 Å². The highest BCUT2D eigenvalue weighted by molar-refractivity contribution is 6.31. The Morgan fingerprint density at radius 3 is 3.00 bits per heavy atom. The van der Waals surface area contributed by atoms with Crippen molar-refractivity contribution in [2.45, 2.75) is 6.92 Å². The summed E-state index contributed by atoms with van der Waals surface area (Å²) in [5, 5.41) is 4.79. The van der Waals surface area contributed by atoms with Crippen molar-refractivity contribution in [2.24, 2.45) is 0 Å². The predicted molar refractivity (Wildman–Crippen MR) is 96.1 cm³/mol. The van der Waals surface area contributed by atoms with Crippen LogP contribution >= 0.6 is 11.6 Å². The number of nitrogens with zero attached hydrogens (tertiary/aromatic N) is 3. The Balaban J connectivity index is 1.99. The molecule has 120 valence electrons. The molecule has 0 fully saturated rings. The van der Waals surface area contributed by atoms with Gasteiger partial charge in [0.2, 0.25) is 0 Å². The zero-order chi connectivity index (χ0) is 16.2. The van der Waals surface area contributed by atoms with Crippen LogP contribution in [0.5, 0.6) is 0 Å². The normalized spacial score (nSPS) is 11.1. The van der Waals surface area contributed by atoms with E-state index in [1.807, 2.05) is 37.5 Å². The number of hydrogen-bond donors (Lipinski definition) is 2. The number of nitrogens with one attached hydrogen (secondary N) is 2. The second kappa shape index (κ2) is 6.98. The van der Waals surface area contributed by atoms with Crippen LogP contribution in [0.25, 0.3) is 22.3 Å². The molecule has 0 unspecified atom stereocenters. The Morgan fingerprint density at radius 1 is 1.35 bits per heavy atom. The maximum atomic E-state index is 6.08. The molecule has 0 aliphatic rings. The number of aromatic amines is 1. The van der Waals surface area contributed by atoms with Gasteiger partial charge in [-0.1, -0.05) is 17.7 Å². The lowest BCUT2D eigenvalue weighted by molar-refractivity contribution is 0.730. The van der Waals surface area contributed by atoms with Crippen LogP contribution in [0, 0.1) is 0 Å². The molecule has 0 aliphatic heterocycles. The zero-order valence-corrected chi connectivity index (χ0v) is 14.1. The Morgan fingerprint density at radius 2 is 2.22 bits per heavy atom. The number of H-pyrrole nitrogens is 1. The van der Waals surface area contributed by atoms with Gasteiger partial charge in [-0.25, -0.2) is 9.97 Å². The third kappa shape index (κ3) is 3.30. The van der Waals surface area contributed by atoms with E-state index in [9.17, 15) is 0 Å². The first-order chi connectivity index (χ1) is 11.2. The third-order valence-electron chi connectivity index (χ3n) is 3.85. The van der Waals surface area contributed by atoms with Gasteiger partial charge < -0.3 is 15.2 Å². The van der Waals surface area contributed by atoms with Crippen molar-refractivity contribution in [1.82, 2.24) is 20.3 Å². The van der Waals surface area contributed by atoms with Crippen LogP contribution in [0.4, 0.5) is 5.82 Å². The second-order valence-electron chi connectivity index (χ2n) is 5.32. The van der Waals surface area contributed by atoms with E-state index in [0.717, 1.165) is 47.7 Å². The van der Waals surface area contributed by atoms with Crippen LogP contribution in [-0.2, 0) is 0 Å². The summed E-state index contributed by atoms with van der Waals surface area (Å²) in [5.41, 5.74) is 2.75. The van der Waals surface area contributed by atoms with E-state index in [4.69, 9.17) is 16.6 Å². The average molecular weight is 330 g/mol. The fourth-order valence-corrected chi connectivity index (χ4v) is 2.78. The maximum Gasteiger partial charge on any atom is 0.138 e. The highest BCUT2D eigenvalue weighted by atomic mass is 35.5. The number of anilines is 1. The summed E-state index contributed by atoms with van der Waals surface area (Å²) >= 11 is 6.08. The smallest absolute Gasteiger partial charge is 0.138 e. The number of halogens is 1. The van der Waals surface area contributed by atoms with Crippen LogP contribution in [0.3, 0.4) is 0 Å². The van der Waals surface area contributed by atoms with Crippen LogP contribution in [0.15, 0.2) is 36.7 Å². The topological polar surface area (TPSA) is 56.8 Å². The van der Waals surface area contributed by atoms with Gasteiger partial charge in [-0.05, 0) is 32.2 Å². The van der Waals surface area contributed by atoms with Crippen molar-refractivity contribution in [3.05, 3.63) is 41.7 Å². The van der Waals surface area contributed by atoms with E-state index >= 15 is 0 Å². The number of pyridine rings is 2. The van der Waals surface area contributed by atoms with Crippen LogP contribution < -0.4 is 10.2 Å². The maximum absolute atomic E-state index is 6.08. The first kappa shape index (κ1) is 15.8. The van der Waals surface area contributed by atoms with Gasteiger partial charge in [0, 0.05) is 43.0 Å². The molecule has 0 saturated carbocycles. The van der Waals surface area contributed by atoms with Gasteiger partial charge in [0.1, 0.15) is 11.5 Å². The number of rotatable bonds is 6. The van der Waals surface area contributed by atoms with Crippen molar-refractivity contribution in [2.75, 3.05) is 31.6 Å². The molecule has 0 bridgehead atoms. The molecular formula is C17H20ClN5. The summed E-state index contributed by atoms with van der Waals surface area (Å²) in [6.45, 7) is 4.90. The summed E-state index contributed by atoms with van der Waals surface area (Å²) in [6.07, 6.45) is 3.58. The van der Waals surface area contributed by atoms with E-state index in [0.29, 0.717) is 5.02 Å². The molecule has 2 N–H and O–H groups in total. The Kier molecular flexibility index (Phi) is 4.79. The average Bonchev–Trinajstić information content (AvgIpc) is 2.99. The molecule has 3 aromatic heterocycles. The Hall–Kier alpha value is -2.11. The highest BCUT2D eigenvalue weighted by Crippen LogP contribution is 2.29. The first-order valence-electron chi connectivity index (χ1n) is 7.72. The van der Waals surface area contributed by atoms with Crippen molar-refractivity contribution in [3.8, 4) is 11.3 Å². The monoisotopic (exact) mass is 329 g/mol. The minimum absolute atomic E-state index is 0.624. The molecule has 3 heterocycles. The molecule has 0 radical (unpaired) electrons. The van der Waals surface area contributed by atoms with Gasteiger partial charge >= 0.3 is 0 Å². The number of hydrogen-bond acceptors (Lipinski definition) is 4. The number of likely N-dealkylation sites (N-methyl/N-ethyl adjacent to an activating group) is 2.